The number of benzene rings is 1. The van der Waals surface area contributed by atoms with E-state index in [4.69, 9.17) is 5.73 Å². The van der Waals surface area contributed by atoms with Gasteiger partial charge in [0.05, 0.1) is 0 Å². The Morgan fingerprint density at radius 3 is 2.78 bits per heavy atom. The molecule has 0 spiro atoms. The molecule has 0 radical (unpaired) electrons. The van der Waals surface area contributed by atoms with Gasteiger partial charge < -0.3 is 10.6 Å². The summed E-state index contributed by atoms with van der Waals surface area (Å²) in [5, 5.41) is 3.30. The number of rotatable bonds is 3. The number of primary amides is 1. The normalized spacial score (nSPS) is 10.5. The predicted octanol–water partition coefficient (Wildman–Crippen LogP) is 1.39. The zero-order valence-electron chi connectivity index (χ0n) is 10.1. The molecule has 18 heavy (non-hydrogen) atoms. The smallest absolute Gasteiger partial charge is 0.311 e. The van der Waals surface area contributed by atoms with Crippen LogP contribution >= 0.6 is 11.3 Å². The van der Waals surface area contributed by atoms with E-state index >= 15 is 0 Å². The molecule has 0 aliphatic carbocycles. The second-order valence-corrected chi connectivity index (χ2v) is 5.01. The minimum absolute atomic E-state index is 0.489. The molecule has 0 fully saturated rings. The lowest BCUT2D eigenvalue weighted by Crippen LogP contribution is -2.38. The predicted molar refractivity (Wildman–Crippen MR) is 72.4 cm³/mol. The van der Waals surface area contributed by atoms with E-state index in [1.807, 2.05) is 12.1 Å². The van der Waals surface area contributed by atoms with Gasteiger partial charge in [-0.25, -0.2) is 0 Å². The van der Waals surface area contributed by atoms with Crippen molar-refractivity contribution in [3.8, 4) is 0 Å². The van der Waals surface area contributed by atoms with Crippen molar-refractivity contribution in [3.63, 3.8) is 0 Å². The quantitative estimate of drug-likeness (QED) is 0.849. The van der Waals surface area contributed by atoms with Crippen LogP contribution in [0.25, 0.3) is 10.1 Å². The maximum atomic E-state index is 11.3. The zero-order chi connectivity index (χ0) is 13.1. The lowest BCUT2D eigenvalue weighted by molar-refractivity contribution is -0.143. The average molecular weight is 262 g/mol. The van der Waals surface area contributed by atoms with E-state index in [1.165, 1.54) is 20.5 Å². The van der Waals surface area contributed by atoms with Crippen LogP contribution in [0.4, 0.5) is 0 Å². The summed E-state index contributed by atoms with van der Waals surface area (Å²) in [5.41, 5.74) is 6.14. The average Bonchev–Trinajstić information content (AvgIpc) is 2.78. The van der Waals surface area contributed by atoms with Gasteiger partial charge in [-0.3, -0.25) is 9.59 Å². The molecule has 0 atom stereocenters. The number of carbonyl (C=O) groups excluding carboxylic acids is 2. The fraction of sp³-hybridized carbons (Fsp3) is 0.231. The van der Waals surface area contributed by atoms with Crippen molar-refractivity contribution in [2.24, 2.45) is 5.73 Å². The first-order valence-corrected chi connectivity index (χ1v) is 6.47. The van der Waals surface area contributed by atoms with E-state index in [0.29, 0.717) is 6.54 Å². The second kappa shape index (κ2) is 5.18. The van der Waals surface area contributed by atoms with Gasteiger partial charge in [0.25, 0.3) is 0 Å². The standard InChI is InChI=1S/C13H14N2O2S/c1-15(13(17)12(14)16)7-6-9-8-18-11-5-3-2-4-10(9)11/h2-5,8H,6-7H2,1H3,(H2,14,16). The van der Waals surface area contributed by atoms with Crippen LogP contribution in [0.15, 0.2) is 29.6 Å². The lowest BCUT2D eigenvalue weighted by atomic mass is 10.1. The van der Waals surface area contributed by atoms with Gasteiger partial charge in [0, 0.05) is 18.3 Å². The summed E-state index contributed by atoms with van der Waals surface area (Å²) < 4.78 is 1.23. The van der Waals surface area contributed by atoms with E-state index < -0.39 is 11.8 Å². The molecule has 1 aromatic carbocycles. The third kappa shape index (κ3) is 2.51. The van der Waals surface area contributed by atoms with Crippen LogP contribution < -0.4 is 5.73 Å². The number of hydrogen-bond donors (Lipinski definition) is 1. The highest BCUT2D eigenvalue weighted by molar-refractivity contribution is 7.17. The van der Waals surface area contributed by atoms with Crippen LogP contribution in [0.2, 0.25) is 0 Å². The second-order valence-electron chi connectivity index (χ2n) is 4.10. The maximum absolute atomic E-state index is 11.3. The molecule has 94 valence electrons. The summed E-state index contributed by atoms with van der Waals surface area (Å²) >= 11 is 1.69. The van der Waals surface area contributed by atoms with Crippen molar-refractivity contribution in [2.75, 3.05) is 13.6 Å². The van der Waals surface area contributed by atoms with Crippen molar-refractivity contribution in [1.82, 2.24) is 4.90 Å². The van der Waals surface area contributed by atoms with E-state index in [-0.39, 0.29) is 0 Å². The van der Waals surface area contributed by atoms with Gasteiger partial charge in [-0.15, -0.1) is 11.3 Å². The largest absolute Gasteiger partial charge is 0.361 e. The summed E-state index contributed by atoms with van der Waals surface area (Å²) in [7, 11) is 1.58. The number of hydrogen-bond acceptors (Lipinski definition) is 3. The molecule has 0 saturated carbocycles. The van der Waals surface area contributed by atoms with Crippen molar-refractivity contribution < 1.29 is 9.59 Å². The molecule has 0 saturated heterocycles. The Labute approximate surface area is 109 Å². The van der Waals surface area contributed by atoms with E-state index in [1.54, 1.807) is 18.4 Å². The molecule has 0 bridgehead atoms. The van der Waals surface area contributed by atoms with E-state index in [2.05, 4.69) is 17.5 Å². The van der Waals surface area contributed by atoms with Crippen molar-refractivity contribution >= 4 is 33.2 Å². The first-order chi connectivity index (χ1) is 8.59. The first-order valence-electron chi connectivity index (χ1n) is 5.59. The van der Waals surface area contributed by atoms with Gasteiger partial charge in [0.2, 0.25) is 0 Å². The molecule has 0 aliphatic rings. The Morgan fingerprint density at radius 1 is 1.33 bits per heavy atom. The highest BCUT2D eigenvalue weighted by Crippen LogP contribution is 2.25. The fourth-order valence-electron chi connectivity index (χ4n) is 1.80. The molecule has 2 aromatic rings. The van der Waals surface area contributed by atoms with Crippen LogP contribution in [0.1, 0.15) is 5.56 Å². The molecule has 2 N–H and O–H groups in total. The monoisotopic (exact) mass is 262 g/mol. The molecular weight excluding hydrogens is 248 g/mol. The van der Waals surface area contributed by atoms with Gasteiger partial charge >= 0.3 is 11.8 Å². The van der Waals surface area contributed by atoms with Gasteiger partial charge in [-0.05, 0) is 28.8 Å². The lowest BCUT2D eigenvalue weighted by Gasteiger charge is -2.14. The summed E-state index contributed by atoms with van der Waals surface area (Å²) in [6.45, 7) is 0.489. The number of fused-ring (bicyclic) bond motifs is 1. The Balaban J connectivity index is 2.06. The number of nitrogens with zero attached hydrogens (tertiary/aromatic N) is 1. The minimum atomic E-state index is -0.910. The number of nitrogens with two attached hydrogens (primary N) is 1. The third-order valence-corrected chi connectivity index (χ3v) is 3.85. The molecule has 2 amide bonds. The van der Waals surface area contributed by atoms with Gasteiger partial charge in [-0.1, -0.05) is 18.2 Å². The van der Waals surface area contributed by atoms with Gasteiger partial charge in [-0.2, -0.15) is 0 Å². The Kier molecular flexibility index (Phi) is 3.62. The Bertz CT molecular complexity index is 591. The molecule has 0 aliphatic heterocycles. The first kappa shape index (κ1) is 12.6. The number of carbonyl (C=O) groups is 2. The van der Waals surface area contributed by atoms with Crippen molar-refractivity contribution in [1.29, 1.82) is 0 Å². The number of thiophene rings is 1. The number of amides is 2. The van der Waals surface area contributed by atoms with Crippen LogP contribution in [0.5, 0.6) is 0 Å². The molecule has 5 heteroatoms. The highest BCUT2D eigenvalue weighted by atomic mass is 32.1. The summed E-state index contributed by atoms with van der Waals surface area (Å²) in [5.74, 6) is -1.55. The topological polar surface area (TPSA) is 63.4 Å². The van der Waals surface area contributed by atoms with Crippen molar-refractivity contribution in [2.45, 2.75) is 6.42 Å². The van der Waals surface area contributed by atoms with Crippen LogP contribution in [0.3, 0.4) is 0 Å². The molecule has 2 rings (SSSR count). The Hall–Kier alpha value is -1.88. The van der Waals surface area contributed by atoms with Crippen LogP contribution in [0, 0.1) is 0 Å². The van der Waals surface area contributed by atoms with E-state index in [9.17, 15) is 9.59 Å². The fourth-order valence-corrected chi connectivity index (χ4v) is 2.80. The molecule has 4 nitrogen and oxygen atoms in total. The number of likely N-dealkylation sites (N-methyl/N-ethyl adjacent to an activating group) is 1. The van der Waals surface area contributed by atoms with Crippen LogP contribution in [-0.4, -0.2) is 30.3 Å². The Morgan fingerprint density at radius 2 is 2.06 bits per heavy atom. The third-order valence-electron chi connectivity index (χ3n) is 2.84. The summed E-state index contributed by atoms with van der Waals surface area (Å²) in [4.78, 5) is 23.4. The maximum Gasteiger partial charge on any atom is 0.311 e. The van der Waals surface area contributed by atoms with Gasteiger partial charge in [0.15, 0.2) is 0 Å². The summed E-state index contributed by atoms with van der Waals surface area (Å²) in [6, 6.07) is 8.14. The van der Waals surface area contributed by atoms with E-state index in [0.717, 1.165) is 6.42 Å². The SMILES string of the molecule is CN(CCc1csc2ccccc12)C(=O)C(N)=O. The van der Waals surface area contributed by atoms with Gasteiger partial charge in [0.1, 0.15) is 0 Å². The van der Waals surface area contributed by atoms with Crippen LogP contribution in [-0.2, 0) is 16.0 Å². The summed E-state index contributed by atoms with van der Waals surface area (Å²) in [6.07, 6.45) is 0.722. The molecular formula is C13H14N2O2S. The molecule has 1 heterocycles. The van der Waals surface area contributed by atoms with Crippen molar-refractivity contribution in [3.05, 3.63) is 35.2 Å². The molecule has 0 unspecified atom stereocenters. The zero-order valence-corrected chi connectivity index (χ0v) is 10.9. The highest BCUT2D eigenvalue weighted by Gasteiger charge is 2.15. The molecule has 1 aromatic heterocycles. The minimum Gasteiger partial charge on any atom is -0.361 e.